The number of aromatic nitrogens is 2. The predicted molar refractivity (Wildman–Crippen MR) is 61.9 cm³/mol. The molecule has 6 heteroatoms. The zero-order valence-corrected chi connectivity index (χ0v) is 10.0. The van der Waals surface area contributed by atoms with E-state index in [-0.39, 0.29) is 5.28 Å². The highest BCUT2D eigenvalue weighted by molar-refractivity contribution is 7.09. The maximum atomic E-state index is 5.85. The van der Waals surface area contributed by atoms with Gasteiger partial charge in [-0.25, -0.2) is 4.98 Å². The Bertz CT molecular complexity index is 487. The van der Waals surface area contributed by atoms with E-state index < -0.39 is 0 Å². The van der Waals surface area contributed by atoms with E-state index in [0.29, 0.717) is 15.8 Å². The highest BCUT2D eigenvalue weighted by Gasteiger charge is 2.10. The first-order valence-electron chi connectivity index (χ1n) is 4.04. The lowest BCUT2D eigenvalue weighted by Gasteiger charge is -2.05. The predicted octanol–water partition coefficient (Wildman–Crippen LogP) is 3.52. The van der Waals surface area contributed by atoms with Gasteiger partial charge in [-0.3, -0.25) is 0 Å². The van der Waals surface area contributed by atoms with Gasteiger partial charge in [0.2, 0.25) is 5.28 Å². The molecule has 0 N–H and O–H groups in total. The second-order valence-electron chi connectivity index (χ2n) is 2.71. The molecule has 0 fully saturated rings. The average Bonchev–Trinajstić information content (AvgIpc) is 2.64. The van der Waals surface area contributed by atoms with Gasteiger partial charge in [0.15, 0.2) is 0 Å². The lowest BCUT2D eigenvalue weighted by atomic mass is 10.2. The first kappa shape index (κ1) is 10.7. The molecule has 1 aromatic carbocycles. The Labute approximate surface area is 101 Å². The minimum Gasteiger partial charge on any atom is -0.496 e. The molecule has 1 heterocycles. The maximum absolute atomic E-state index is 5.85. The van der Waals surface area contributed by atoms with E-state index in [2.05, 4.69) is 9.36 Å². The number of hydrogen-bond acceptors (Lipinski definition) is 4. The third-order valence-corrected chi connectivity index (χ3v) is 3.05. The van der Waals surface area contributed by atoms with Crippen molar-refractivity contribution in [1.29, 1.82) is 0 Å². The van der Waals surface area contributed by atoms with Crippen LogP contribution in [0.25, 0.3) is 10.6 Å². The van der Waals surface area contributed by atoms with Crippen molar-refractivity contribution in [1.82, 2.24) is 9.36 Å². The standard InChI is InChI=1S/C9H6Cl2N2OS/c1-14-7-4-5(10)2-3-6(7)8-12-9(11)13-15-8/h2-4H,1H3. The maximum Gasteiger partial charge on any atom is 0.234 e. The number of hydrogen-bond donors (Lipinski definition) is 0. The minimum absolute atomic E-state index is 0.243. The van der Waals surface area contributed by atoms with Crippen LogP contribution in [0.15, 0.2) is 18.2 Å². The summed E-state index contributed by atoms with van der Waals surface area (Å²) in [7, 11) is 1.58. The molecule has 0 amide bonds. The molecule has 0 aliphatic carbocycles. The van der Waals surface area contributed by atoms with E-state index in [1.165, 1.54) is 11.5 Å². The number of nitrogens with zero attached hydrogens (tertiary/aromatic N) is 2. The van der Waals surface area contributed by atoms with Crippen molar-refractivity contribution < 1.29 is 4.74 Å². The van der Waals surface area contributed by atoms with Gasteiger partial charge >= 0.3 is 0 Å². The van der Waals surface area contributed by atoms with Crippen molar-refractivity contribution in [3.8, 4) is 16.3 Å². The molecule has 2 aromatic rings. The van der Waals surface area contributed by atoms with Crippen molar-refractivity contribution in [2.24, 2.45) is 0 Å². The number of methoxy groups -OCH3 is 1. The van der Waals surface area contributed by atoms with Crippen LogP contribution >= 0.6 is 34.7 Å². The largest absolute Gasteiger partial charge is 0.496 e. The molecule has 0 spiro atoms. The highest BCUT2D eigenvalue weighted by Crippen LogP contribution is 2.33. The van der Waals surface area contributed by atoms with Gasteiger partial charge in [-0.2, -0.15) is 4.37 Å². The van der Waals surface area contributed by atoms with Crippen LogP contribution in [-0.4, -0.2) is 16.5 Å². The van der Waals surface area contributed by atoms with Crippen LogP contribution in [-0.2, 0) is 0 Å². The van der Waals surface area contributed by atoms with E-state index in [1.54, 1.807) is 19.2 Å². The molecule has 0 radical (unpaired) electrons. The van der Waals surface area contributed by atoms with Crippen molar-refractivity contribution in [3.63, 3.8) is 0 Å². The van der Waals surface area contributed by atoms with Crippen molar-refractivity contribution in [2.75, 3.05) is 7.11 Å². The van der Waals surface area contributed by atoms with Crippen molar-refractivity contribution in [3.05, 3.63) is 28.5 Å². The van der Waals surface area contributed by atoms with E-state index in [1.807, 2.05) is 6.07 Å². The fourth-order valence-electron chi connectivity index (χ4n) is 1.16. The second-order valence-corrected chi connectivity index (χ2v) is 4.24. The molecule has 1 aromatic heterocycles. The van der Waals surface area contributed by atoms with Crippen LogP contribution in [0.4, 0.5) is 0 Å². The monoisotopic (exact) mass is 260 g/mol. The molecule has 0 aliphatic heterocycles. The summed E-state index contributed by atoms with van der Waals surface area (Å²) in [4.78, 5) is 4.07. The fraction of sp³-hybridized carbons (Fsp3) is 0.111. The van der Waals surface area contributed by atoms with Gasteiger partial charge in [-0.05, 0) is 41.3 Å². The Balaban J connectivity index is 2.52. The first-order chi connectivity index (χ1) is 7.20. The molecular formula is C9H6Cl2N2OS. The molecule has 0 bridgehead atoms. The summed E-state index contributed by atoms with van der Waals surface area (Å²) in [6, 6.07) is 5.33. The van der Waals surface area contributed by atoms with Gasteiger partial charge in [0.25, 0.3) is 0 Å². The summed E-state index contributed by atoms with van der Waals surface area (Å²) < 4.78 is 9.10. The van der Waals surface area contributed by atoms with Gasteiger partial charge in [0.1, 0.15) is 10.8 Å². The molecule has 3 nitrogen and oxygen atoms in total. The third kappa shape index (κ3) is 2.22. The smallest absolute Gasteiger partial charge is 0.234 e. The SMILES string of the molecule is COc1cc(Cl)ccc1-c1nc(Cl)ns1. The Kier molecular flexibility index (Phi) is 3.09. The fourth-order valence-corrected chi connectivity index (χ4v) is 2.15. The van der Waals surface area contributed by atoms with Crippen LogP contribution in [0.1, 0.15) is 0 Å². The number of ether oxygens (including phenoxy) is 1. The van der Waals surface area contributed by atoms with Crippen LogP contribution in [0.3, 0.4) is 0 Å². The Morgan fingerprint density at radius 1 is 1.33 bits per heavy atom. The molecule has 0 saturated carbocycles. The van der Waals surface area contributed by atoms with Gasteiger partial charge in [0, 0.05) is 5.02 Å². The van der Waals surface area contributed by atoms with Crippen LogP contribution < -0.4 is 4.74 Å². The van der Waals surface area contributed by atoms with Crippen molar-refractivity contribution in [2.45, 2.75) is 0 Å². The Morgan fingerprint density at radius 2 is 2.13 bits per heavy atom. The topological polar surface area (TPSA) is 35.0 Å². The van der Waals surface area contributed by atoms with Crippen LogP contribution in [0, 0.1) is 0 Å². The van der Waals surface area contributed by atoms with Gasteiger partial charge in [-0.1, -0.05) is 11.6 Å². The number of rotatable bonds is 2. The molecule has 0 unspecified atom stereocenters. The molecule has 2 rings (SSSR count). The normalized spacial score (nSPS) is 10.3. The average molecular weight is 261 g/mol. The summed E-state index contributed by atoms with van der Waals surface area (Å²) in [5.41, 5.74) is 0.839. The molecule has 0 saturated heterocycles. The van der Waals surface area contributed by atoms with E-state index in [0.717, 1.165) is 5.56 Å². The minimum atomic E-state index is 0.243. The zero-order chi connectivity index (χ0) is 10.8. The molecule has 78 valence electrons. The van der Waals surface area contributed by atoms with E-state index in [9.17, 15) is 0 Å². The quantitative estimate of drug-likeness (QED) is 0.829. The summed E-state index contributed by atoms with van der Waals surface area (Å²) >= 11 is 12.7. The first-order valence-corrected chi connectivity index (χ1v) is 5.57. The third-order valence-electron chi connectivity index (χ3n) is 1.80. The van der Waals surface area contributed by atoms with Gasteiger partial charge in [-0.15, -0.1) is 0 Å². The summed E-state index contributed by atoms with van der Waals surface area (Å²) in [5.74, 6) is 0.662. The molecular weight excluding hydrogens is 255 g/mol. The van der Waals surface area contributed by atoms with Crippen LogP contribution in [0.5, 0.6) is 5.75 Å². The summed E-state index contributed by atoms with van der Waals surface area (Å²) in [6.45, 7) is 0. The second kappa shape index (κ2) is 4.35. The van der Waals surface area contributed by atoms with E-state index >= 15 is 0 Å². The number of halogens is 2. The van der Waals surface area contributed by atoms with E-state index in [4.69, 9.17) is 27.9 Å². The lowest BCUT2D eigenvalue weighted by Crippen LogP contribution is -1.87. The lowest BCUT2D eigenvalue weighted by molar-refractivity contribution is 0.416. The summed E-state index contributed by atoms with van der Waals surface area (Å²) in [5, 5.41) is 1.58. The Morgan fingerprint density at radius 3 is 2.73 bits per heavy atom. The molecule has 0 atom stereocenters. The summed E-state index contributed by atoms with van der Waals surface area (Å²) in [6.07, 6.45) is 0. The van der Waals surface area contributed by atoms with Gasteiger partial charge in [0.05, 0.1) is 12.7 Å². The molecule has 15 heavy (non-hydrogen) atoms. The highest BCUT2D eigenvalue weighted by atomic mass is 35.5. The van der Waals surface area contributed by atoms with Crippen LogP contribution in [0.2, 0.25) is 10.3 Å². The molecule has 0 aliphatic rings. The van der Waals surface area contributed by atoms with Gasteiger partial charge < -0.3 is 4.74 Å². The Hall–Kier alpha value is -0.840. The number of benzene rings is 1. The zero-order valence-electron chi connectivity index (χ0n) is 7.70. The van der Waals surface area contributed by atoms with Crippen molar-refractivity contribution >= 4 is 34.7 Å².